The van der Waals surface area contributed by atoms with E-state index in [2.05, 4.69) is 10.3 Å². The van der Waals surface area contributed by atoms with Crippen LogP contribution in [0.1, 0.15) is 5.69 Å². The van der Waals surface area contributed by atoms with Crippen LogP contribution in [0.25, 0.3) is 0 Å². The van der Waals surface area contributed by atoms with Crippen molar-refractivity contribution >= 4 is 0 Å². The fourth-order valence-electron chi connectivity index (χ4n) is 1.32. The molecular formula is C10H20N4O3. The van der Waals surface area contributed by atoms with Gasteiger partial charge in [-0.15, -0.1) is 5.10 Å². The van der Waals surface area contributed by atoms with E-state index in [1.54, 1.807) is 18.0 Å². The lowest BCUT2D eigenvalue weighted by atomic mass is 10.3. The van der Waals surface area contributed by atoms with Crippen LogP contribution in [0, 0.1) is 0 Å². The highest BCUT2D eigenvalue weighted by Gasteiger charge is 2.07. The third kappa shape index (κ3) is 5.73. The molecule has 1 unspecified atom stereocenters. The van der Waals surface area contributed by atoms with Gasteiger partial charge in [-0.25, -0.2) is 4.68 Å². The molecule has 0 saturated carbocycles. The Morgan fingerprint density at radius 3 is 3.06 bits per heavy atom. The van der Waals surface area contributed by atoms with E-state index in [-0.39, 0.29) is 6.61 Å². The minimum Gasteiger partial charge on any atom is -0.389 e. The van der Waals surface area contributed by atoms with Crippen molar-refractivity contribution in [3.63, 3.8) is 0 Å². The molecule has 7 heteroatoms. The van der Waals surface area contributed by atoms with E-state index in [9.17, 15) is 5.11 Å². The average molecular weight is 244 g/mol. The fraction of sp³-hybridized carbons (Fsp3) is 0.800. The van der Waals surface area contributed by atoms with E-state index in [0.717, 1.165) is 5.69 Å². The number of methoxy groups -OCH3 is 1. The third-order valence-electron chi connectivity index (χ3n) is 2.13. The van der Waals surface area contributed by atoms with Gasteiger partial charge in [0.15, 0.2) is 0 Å². The zero-order chi connectivity index (χ0) is 12.5. The van der Waals surface area contributed by atoms with Crippen LogP contribution in [0.3, 0.4) is 0 Å². The summed E-state index contributed by atoms with van der Waals surface area (Å²) >= 11 is 0. The highest BCUT2D eigenvalue weighted by atomic mass is 16.5. The van der Waals surface area contributed by atoms with Crippen molar-refractivity contribution in [3.8, 4) is 0 Å². The number of aliphatic hydroxyl groups excluding tert-OH is 1. The van der Waals surface area contributed by atoms with Crippen LogP contribution in [-0.2, 0) is 22.4 Å². The molecule has 1 aromatic rings. The molecule has 0 aromatic carbocycles. The zero-order valence-electron chi connectivity index (χ0n) is 10.1. The van der Waals surface area contributed by atoms with Gasteiger partial charge in [-0.05, 0) is 6.54 Å². The maximum absolute atomic E-state index is 9.66. The molecule has 1 heterocycles. The maximum Gasteiger partial charge on any atom is 0.0969 e. The van der Waals surface area contributed by atoms with Crippen molar-refractivity contribution in [1.82, 2.24) is 15.0 Å². The Balaban J connectivity index is 2.22. The van der Waals surface area contributed by atoms with Gasteiger partial charge in [-0.3, -0.25) is 0 Å². The summed E-state index contributed by atoms with van der Waals surface area (Å²) in [7, 11) is 1.61. The predicted molar refractivity (Wildman–Crippen MR) is 61.5 cm³/mol. The van der Waals surface area contributed by atoms with Gasteiger partial charge in [0.05, 0.1) is 38.2 Å². The molecule has 1 aromatic heterocycles. The topological polar surface area (TPSA) is 95.4 Å². The Morgan fingerprint density at radius 1 is 1.53 bits per heavy atom. The van der Waals surface area contributed by atoms with E-state index >= 15 is 0 Å². The Hall–Kier alpha value is -1.02. The molecule has 0 saturated heterocycles. The molecule has 1 atom stereocenters. The van der Waals surface area contributed by atoms with E-state index < -0.39 is 6.10 Å². The molecule has 1 rings (SSSR count). The summed E-state index contributed by atoms with van der Waals surface area (Å²) in [6, 6.07) is 0. The van der Waals surface area contributed by atoms with Crippen LogP contribution in [0.4, 0.5) is 0 Å². The molecule has 17 heavy (non-hydrogen) atoms. The second-order valence-electron chi connectivity index (χ2n) is 3.69. The Morgan fingerprint density at radius 2 is 2.35 bits per heavy atom. The van der Waals surface area contributed by atoms with Gasteiger partial charge in [0.25, 0.3) is 0 Å². The van der Waals surface area contributed by atoms with E-state index in [4.69, 9.17) is 15.2 Å². The standard InChI is InChI=1S/C10H20N4O3/c1-16-4-5-17-8-10(15)7-14-6-9(2-3-11)12-13-14/h6,10,15H,2-5,7-8,11H2,1H3. The van der Waals surface area contributed by atoms with Gasteiger partial charge in [0.2, 0.25) is 0 Å². The molecule has 3 N–H and O–H groups in total. The van der Waals surface area contributed by atoms with E-state index in [1.165, 1.54) is 0 Å². The summed E-state index contributed by atoms with van der Waals surface area (Å²) in [5, 5.41) is 17.5. The number of hydrogen-bond acceptors (Lipinski definition) is 6. The third-order valence-corrected chi connectivity index (χ3v) is 2.13. The summed E-state index contributed by atoms with van der Waals surface area (Å²) < 4.78 is 11.6. The fourth-order valence-corrected chi connectivity index (χ4v) is 1.32. The molecule has 7 nitrogen and oxygen atoms in total. The highest BCUT2D eigenvalue weighted by Crippen LogP contribution is 1.96. The van der Waals surface area contributed by atoms with Gasteiger partial charge in [0, 0.05) is 19.7 Å². The molecule has 0 amide bonds. The minimum atomic E-state index is -0.598. The number of hydrogen-bond donors (Lipinski definition) is 2. The zero-order valence-corrected chi connectivity index (χ0v) is 10.1. The highest BCUT2D eigenvalue weighted by molar-refractivity contribution is 4.92. The summed E-state index contributed by atoms with van der Waals surface area (Å²) in [6.45, 7) is 2.17. The number of nitrogens with two attached hydrogens (primary N) is 1. The van der Waals surface area contributed by atoms with Gasteiger partial charge in [0.1, 0.15) is 0 Å². The Kier molecular flexibility index (Phi) is 6.71. The number of nitrogens with zero attached hydrogens (tertiary/aromatic N) is 3. The first kappa shape index (κ1) is 14.0. The largest absolute Gasteiger partial charge is 0.389 e. The summed E-state index contributed by atoms with van der Waals surface area (Å²) in [4.78, 5) is 0. The first-order valence-electron chi connectivity index (χ1n) is 5.60. The van der Waals surface area contributed by atoms with Crippen molar-refractivity contribution in [2.24, 2.45) is 5.73 Å². The lowest BCUT2D eigenvalue weighted by Gasteiger charge is -2.10. The van der Waals surface area contributed by atoms with Gasteiger partial charge in [-0.1, -0.05) is 5.21 Å². The number of aliphatic hydroxyl groups is 1. The van der Waals surface area contributed by atoms with Crippen molar-refractivity contribution in [2.75, 3.05) is 33.5 Å². The predicted octanol–water partition coefficient (Wildman–Crippen LogP) is -1.20. The molecule has 0 aliphatic heterocycles. The van der Waals surface area contributed by atoms with Crippen LogP contribution < -0.4 is 5.73 Å². The normalized spacial score (nSPS) is 12.9. The quantitative estimate of drug-likeness (QED) is 0.530. The monoisotopic (exact) mass is 244 g/mol. The molecule has 0 radical (unpaired) electrons. The van der Waals surface area contributed by atoms with Gasteiger partial charge >= 0.3 is 0 Å². The van der Waals surface area contributed by atoms with Crippen LogP contribution >= 0.6 is 0 Å². The van der Waals surface area contributed by atoms with E-state index in [0.29, 0.717) is 32.7 Å². The van der Waals surface area contributed by atoms with E-state index in [1.807, 2.05) is 0 Å². The van der Waals surface area contributed by atoms with Crippen LogP contribution in [0.15, 0.2) is 6.20 Å². The average Bonchev–Trinajstić information content (AvgIpc) is 2.73. The lowest BCUT2D eigenvalue weighted by Crippen LogP contribution is -2.23. The summed E-state index contributed by atoms with van der Waals surface area (Å²) in [6.07, 6.45) is 1.88. The number of rotatable bonds is 9. The number of aromatic nitrogens is 3. The van der Waals surface area contributed by atoms with Gasteiger partial charge in [-0.2, -0.15) is 0 Å². The molecule has 0 aliphatic carbocycles. The molecule has 0 bridgehead atoms. The molecular weight excluding hydrogens is 224 g/mol. The maximum atomic E-state index is 9.66. The smallest absolute Gasteiger partial charge is 0.0969 e. The number of ether oxygens (including phenoxy) is 2. The summed E-state index contributed by atoms with van der Waals surface area (Å²) in [5.74, 6) is 0. The summed E-state index contributed by atoms with van der Waals surface area (Å²) in [5.41, 5.74) is 6.24. The van der Waals surface area contributed by atoms with Crippen molar-refractivity contribution in [1.29, 1.82) is 0 Å². The van der Waals surface area contributed by atoms with Crippen LogP contribution in [-0.4, -0.2) is 59.7 Å². The van der Waals surface area contributed by atoms with Crippen molar-refractivity contribution in [2.45, 2.75) is 19.1 Å². The molecule has 0 fully saturated rings. The van der Waals surface area contributed by atoms with Crippen molar-refractivity contribution in [3.05, 3.63) is 11.9 Å². The molecule has 98 valence electrons. The first-order chi connectivity index (χ1) is 8.26. The Bertz CT molecular complexity index is 305. The van der Waals surface area contributed by atoms with Crippen molar-refractivity contribution < 1.29 is 14.6 Å². The molecule has 0 aliphatic rings. The first-order valence-corrected chi connectivity index (χ1v) is 5.60. The lowest BCUT2D eigenvalue weighted by molar-refractivity contribution is 0.00579. The second kappa shape index (κ2) is 8.13. The van der Waals surface area contributed by atoms with Crippen LogP contribution in [0.2, 0.25) is 0 Å². The molecule has 0 spiro atoms. The SMILES string of the molecule is COCCOCC(O)Cn1cc(CCN)nn1. The van der Waals surface area contributed by atoms with Crippen LogP contribution in [0.5, 0.6) is 0 Å². The van der Waals surface area contributed by atoms with Gasteiger partial charge < -0.3 is 20.3 Å². The minimum absolute atomic E-state index is 0.259. The second-order valence-corrected chi connectivity index (χ2v) is 3.69. The Labute approximate surface area is 101 Å².